The van der Waals surface area contributed by atoms with Gasteiger partial charge in [0.05, 0.1) is 17.9 Å². The smallest absolute Gasteiger partial charge is 0.163 e. The number of hydrogen-bond donors (Lipinski definition) is 1. The molecule has 3 heterocycles. The predicted octanol–water partition coefficient (Wildman–Crippen LogP) is 3.39. The van der Waals surface area contributed by atoms with Crippen molar-refractivity contribution in [3.63, 3.8) is 0 Å². The van der Waals surface area contributed by atoms with Crippen LogP contribution >= 0.6 is 0 Å². The maximum atomic E-state index is 13.9. The quantitative estimate of drug-likeness (QED) is 0.895. The van der Waals surface area contributed by atoms with Crippen molar-refractivity contribution in [3.8, 4) is 0 Å². The highest BCUT2D eigenvalue weighted by Gasteiger charge is 2.47. The van der Waals surface area contributed by atoms with E-state index in [1.54, 1.807) is 12.3 Å². The van der Waals surface area contributed by atoms with Gasteiger partial charge in [0.1, 0.15) is 5.60 Å². The van der Waals surface area contributed by atoms with Gasteiger partial charge in [-0.05, 0) is 31.0 Å². The number of rotatable bonds is 3. The van der Waals surface area contributed by atoms with Crippen LogP contribution in [0, 0.1) is 11.6 Å². The number of aliphatic hydroxyl groups is 1. The van der Waals surface area contributed by atoms with Gasteiger partial charge in [0, 0.05) is 44.2 Å². The normalized spacial score (nSPS) is 25.6. The number of pyridine rings is 1. The van der Waals surface area contributed by atoms with Crippen LogP contribution in [0.5, 0.6) is 0 Å². The van der Waals surface area contributed by atoms with Crippen molar-refractivity contribution in [1.82, 2.24) is 9.88 Å². The number of halogens is 2. The molecule has 0 bridgehead atoms. The summed E-state index contributed by atoms with van der Waals surface area (Å²) in [4.78, 5) is 6.46. The van der Waals surface area contributed by atoms with E-state index in [9.17, 15) is 13.9 Å². The largest absolute Gasteiger partial charge is 0.383 e. The zero-order chi connectivity index (χ0) is 18.9. The molecule has 0 aliphatic carbocycles. The molecule has 2 aliphatic heterocycles. The van der Waals surface area contributed by atoms with Gasteiger partial charge in [-0.3, -0.25) is 9.88 Å². The fraction of sp³-hybridized carbons (Fsp3) is 0.476. The van der Waals surface area contributed by atoms with Crippen LogP contribution in [0.1, 0.15) is 36.9 Å². The number of ether oxygens (including phenoxy) is 1. The van der Waals surface area contributed by atoms with Crippen molar-refractivity contribution in [1.29, 1.82) is 0 Å². The van der Waals surface area contributed by atoms with E-state index in [2.05, 4.69) is 9.88 Å². The molecule has 0 radical (unpaired) electrons. The van der Waals surface area contributed by atoms with Crippen molar-refractivity contribution >= 4 is 0 Å². The second kappa shape index (κ2) is 7.26. The minimum absolute atomic E-state index is 0.375. The highest BCUT2D eigenvalue weighted by Crippen LogP contribution is 2.43. The monoisotopic (exact) mass is 374 g/mol. The van der Waals surface area contributed by atoms with Gasteiger partial charge in [0.15, 0.2) is 11.6 Å². The van der Waals surface area contributed by atoms with E-state index < -0.39 is 17.2 Å². The molecule has 4 nitrogen and oxygen atoms in total. The molecule has 1 atom stereocenters. The SMILES string of the molecule is OC1(c2ccccn2)CCOC2(CCN(Cc3cccc(F)c3F)CC2)C1. The van der Waals surface area contributed by atoms with Gasteiger partial charge in [-0.2, -0.15) is 0 Å². The zero-order valence-electron chi connectivity index (χ0n) is 15.2. The minimum Gasteiger partial charge on any atom is -0.383 e. The highest BCUT2D eigenvalue weighted by molar-refractivity contribution is 5.19. The fourth-order valence-electron chi connectivity index (χ4n) is 4.32. The number of hydrogen-bond acceptors (Lipinski definition) is 4. The lowest BCUT2D eigenvalue weighted by Crippen LogP contribution is -2.53. The summed E-state index contributed by atoms with van der Waals surface area (Å²) in [5.74, 6) is -1.58. The lowest BCUT2D eigenvalue weighted by atomic mass is 9.75. The number of benzene rings is 1. The van der Waals surface area contributed by atoms with Crippen LogP contribution < -0.4 is 0 Å². The van der Waals surface area contributed by atoms with E-state index in [0.29, 0.717) is 50.3 Å². The summed E-state index contributed by atoms with van der Waals surface area (Å²) in [7, 11) is 0. The Kier molecular flexibility index (Phi) is 4.97. The van der Waals surface area contributed by atoms with Gasteiger partial charge < -0.3 is 9.84 Å². The Morgan fingerprint density at radius 3 is 2.63 bits per heavy atom. The molecule has 1 aromatic carbocycles. The Hall–Kier alpha value is -1.89. The molecule has 1 aromatic heterocycles. The van der Waals surface area contributed by atoms with Crippen molar-refractivity contribution in [2.75, 3.05) is 19.7 Å². The van der Waals surface area contributed by atoms with Crippen molar-refractivity contribution in [2.24, 2.45) is 0 Å². The average Bonchev–Trinajstić information content (AvgIpc) is 2.68. The van der Waals surface area contributed by atoms with Gasteiger partial charge in [-0.1, -0.05) is 18.2 Å². The second-order valence-electron chi connectivity index (χ2n) is 7.69. The minimum atomic E-state index is -0.976. The Morgan fingerprint density at radius 2 is 1.89 bits per heavy atom. The predicted molar refractivity (Wildman–Crippen MR) is 96.9 cm³/mol. The lowest BCUT2D eigenvalue weighted by molar-refractivity contribution is -0.183. The Labute approximate surface area is 157 Å². The zero-order valence-corrected chi connectivity index (χ0v) is 15.2. The van der Waals surface area contributed by atoms with E-state index in [0.717, 1.165) is 18.9 Å². The van der Waals surface area contributed by atoms with E-state index in [4.69, 9.17) is 4.74 Å². The van der Waals surface area contributed by atoms with Crippen LogP contribution in [0.3, 0.4) is 0 Å². The van der Waals surface area contributed by atoms with Crippen molar-refractivity contribution in [2.45, 2.75) is 43.4 Å². The topological polar surface area (TPSA) is 45.6 Å². The fourth-order valence-corrected chi connectivity index (χ4v) is 4.32. The molecule has 27 heavy (non-hydrogen) atoms. The average molecular weight is 374 g/mol. The lowest BCUT2D eigenvalue weighted by Gasteiger charge is -2.49. The molecule has 2 aromatic rings. The maximum absolute atomic E-state index is 13.9. The molecule has 1 N–H and O–H groups in total. The summed E-state index contributed by atoms with van der Waals surface area (Å²) in [6.07, 6.45) is 4.24. The summed E-state index contributed by atoms with van der Waals surface area (Å²) in [5, 5.41) is 11.2. The number of piperidine rings is 1. The number of aromatic nitrogens is 1. The molecule has 2 aliphatic rings. The molecule has 2 saturated heterocycles. The summed E-state index contributed by atoms with van der Waals surface area (Å²) in [6.45, 7) is 2.30. The van der Waals surface area contributed by atoms with Crippen LogP contribution in [-0.2, 0) is 16.9 Å². The summed E-state index contributed by atoms with van der Waals surface area (Å²) >= 11 is 0. The van der Waals surface area contributed by atoms with Gasteiger partial charge in [0.25, 0.3) is 0 Å². The van der Waals surface area contributed by atoms with Crippen LogP contribution in [0.2, 0.25) is 0 Å². The van der Waals surface area contributed by atoms with Gasteiger partial charge in [-0.25, -0.2) is 8.78 Å². The Balaban J connectivity index is 1.43. The maximum Gasteiger partial charge on any atom is 0.163 e. The first-order chi connectivity index (χ1) is 13.0. The highest BCUT2D eigenvalue weighted by atomic mass is 19.2. The molecule has 4 rings (SSSR count). The molecule has 1 unspecified atom stereocenters. The summed E-state index contributed by atoms with van der Waals surface area (Å²) in [6, 6.07) is 9.89. The van der Waals surface area contributed by atoms with Crippen molar-refractivity contribution < 1.29 is 18.6 Å². The summed E-state index contributed by atoms with van der Waals surface area (Å²) in [5.41, 5.74) is -0.296. The molecule has 6 heteroatoms. The van der Waals surface area contributed by atoms with Gasteiger partial charge in [0.2, 0.25) is 0 Å². The van der Waals surface area contributed by atoms with E-state index in [-0.39, 0.29) is 5.60 Å². The molecule has 0 amide bonds. The molecule has 1 spiro atoms. The van der Waals surface area contributed by atoms with Crippen LogP contribution in [0.25, 0.3) is 0 Å². The van der Waals surface area contributed by atoms with E-state index in [1.807, 2.05) is 18.2 Å². The second-order valence-corrected chi connectivity index (χ2v) is 7.69. The third-order valence-electron chi connectivity index (χ3n) is 5.87. The third-order valence-corrected chi connectivity index (χ3v) is 5.87. The number of likely N-dealkylation sites (tertiary alicyclic amines) is 1. The molecule has 0 saturated carbocycles. The molecular weight excluding hydrogens is 350 g/mol. The van der Waals surface area contributed by atoms with Gasteiger partial charge in [-0.15, -0.1) is 0 Å². The number of nitrogens with zero attached hydrogens (tertiary/aromatic N) is 2. The first-order valence-corrected chi connectivity index (χ1v) is 9.43. The standard InChI is InChI=1S/C21H24F2N2O2/c22-17-5-3-4-16(19(17)23)14-25-11-7-20(8-12-25)15-21(26,9-13-27-20)18-6-1-2-10-24-18/h1-6,10,26H,7-9,11-15H2. The first kappa shape index (κ1) is 18.5. The first-order valence-electron chi connectivity index (χ1n) is 9.43. The third kappa shape index (κ3) is 3.74. The Bertz CT molecular complexity index is 794. The molecular formula is C21H24F2N2O2. The van der Waals surface area contributed by atoms with Crippen molar-refractivity contribution in [3.05, 3.63) is 65.5 Å². The van der Waals surface area contributed by atoms with Crippen LogP contribution in [-0.4, -0.2) is 40.3 Å². The summed E-state index contributed by atoms with van der Waals surface area (Å²) < 4.78 is 33.5. The van der Waals surface area contributed by atoms with Crippen LogP contribution in [0.4, 0.5) is 8.78 Å². The van der Waals surface area contributed by atoms with Gasteiger partial charge >= 0.3 is 0 Å². The molecule has 144 valence electrons. The Morgan fingerprint density at radius 1 is 1.07 bits per heavy atom. The van der Waals surface area contributed by atoms with Crippen LogP contribution in [0.15, 0.2) is 42.6 Å². The molecule has 2 fully saturated rings. The van der Waals surface area contributed by atoms with E-state index in [1.165, 1.54) is 6.07 Å². The van der Waals surface area contributed by atoms with E-state index >= 15 is 0 Å².